The Hall–Kier alpha value is -3.49. The standard InChI is InChI=1S/C23H27N.C22H29FO5/c1-23(2,3)21-14-12-18(13-15-21)16-24(4)17-20-10-7-9-19-8-5-6-11-22(19)20;1-12-8-16-15-5-4-13-9-14(25)6-7-19(13,2)21(15,23)17(26)10-20(16,3)22(12,28)18(27)11-24/h5-15H,16-17H2,1-4H3;6-7,9,12,15-17,24,26,28H,4-5,8,10-11H2,1-3H3/t;12-,15-,16-,17-,19-,20-,21-,22-/m.0/s1. The Balaban J connectivity index is 0.000000181. The molecular weight excluding hydrogens is 653 g/mol. The van der Waals surface area contributed by atoms with Gasteiger partial charge in [0.2, 0.25) is 0 Å². The lowest BCUT2D eigenvalue weighted by atomic mass is 9.44. The minimum absolute atomic E-state index is 0.0676. The lowest BCUT2D eigenvalue weighted by Crippen LogP contribution is -2.69. The normalized spacial score (nSPS) is 33.8. The SMILES string of the molecule is CN(Cc1ccc(C(C)(C)C)cc1)Cc1cccc2ccccc12.C[C@H]1C[C@H]2[C@@H]3CCC4=CC(=O)C=C[C@]4(C)[C@@]3(F)[C@@H](O)C[C@]2(C)[C@@]1(O)C(=O)CO. The number of carbonyl (C=O) groups is 2. The molecule has 0 saturated heterocycles. The van der Waals surface area contributed by atoms with Gasteiger partial charge >= 0.3 is 0 Å². The summed E-state index contributed by atoms with van der Waals surface area (Å²) in [4.78, 5) is 26.8. The summed E-state index contributed by atoms with van der Waals surface area (Å²) in [5.41, 5.74) is -0.805. The van der Waals surface area contributed by atoms with E-state index in [0.717, 1.165) is 13.1 Å². The zero-order valence-corrected chi connectivity index (χ0v) is 31.8. The summed E-state index contributed by atoms with van der Waals surface area (Å²) in [5, 5.41) is 34.6. The molecule has 0 aromatic heterocycles. The van der Waals surface area contributed by atoms with Crippen molar-refractivity contribution in [2.75, 3.05) is 13.7 Å². The van der Waals surface area contributed by atoms with E-state index in [-0.39, 0.29) is 23.5 Å². The van der Waals surface area contributed by atoms with Gasteiger partial charge < -0.3 is 15.3 Å². The van der Waals surface area contributed by atoms with Crippen LogP contribution in [0.15, 0.2) is 90.5 Å². The number of hydrogen-bond donors (Lipinski definition) is 3. The van der Waals surface area contributed by atoms with E-state index >= 15 is 4.39 Å². The van der Waals surface area contributed by atoms with Gasteiger partial charge in [0.15, 0.2) is 17.2 Å². The van der Waals surface area contributed by atoms with Crippen LogP contribution in [0.4, 0.5) is 4.39 Å². The second kappa shape index (κ2) is 13.7. The minimum atomic E-state index is -1.98. The number of fused-ring (bicyclic) bond motifs is 6. The smallest absolute Gasteiger partial charge is 0.190 e. The number of benzene rings is 3. The summed E-state index contributed by atoms with van der Waals surface area (Å²) in [5.74, 6) is -2.12. The first-order valence-corrected chi connectivity index (χ1v) is 18.8. The molecule has 0 spiro atoms. The molecule has 0 unspecified atom stereocenters. The fraction of sp³-hybridized carbons (Fsp3) is 0.511. The number of ketones is 2. The Morgan fingerprint density at radius 2 is 1.65 bits per heavy atom. The molecule has 0 radical (unpaired) electrons. The fourth-order valence-corrected chi connectivity index (χ4v) is 10.5. The highest BCUT2D eigenvalue weighted by Gasteiger charge is 2.75. The van der Waals surface area contributed by atoms with Crippen molar-refractivity contribution in [3.05, 3.63) is 107 Å². The van der Waals surface area contributed by atoms with Crippen molar-refractivity contribution in [1.82, 2.24) is 4.90 Å². The van der Waals surface area contributed by atoms with E-state index in [2.05, 4.69) is 99.4 Å². The van der Waals surface area contributed by atoms with E-state index in [4.69, 9.17) is 0 Å². The number of alkyl halides is 1. The average Bonchev–Trinajstić information content (AvgIpc) is 3.30. The van der Waals surface area contributed by atoms with E-state index in [1.54, 1.807) is 26.8 Å². The van der Waals surface area contributed by atoms with Gasteiger partial charge in [-0.05, 0) is 96.5 Å². The molecule has 8 atom stereocenters. The molecule has 7 rings (SSSR count). The minimum Gasteiger partial charge on any atom is -0.390 e. The second-order valence-corrected chi connectivity index (χ2v) is 17.5. The number of nitrogens with zero attached hydrogens (tertiary/aromatic N) is 1. The number of halogens is 1. The maximum absolute atomic E-state index is 16.9. The van der Waals surface area contributed by atoms with Crippen molar-refractivity contribution < 1.29 is 29.3 Å². The van der Waals surface area contributed by atoms with Crippen molar-refractivity contribution in [1.29, 1.82) is 0 Å². The zero-order valence-electron chi connectivity index (χ0n) is 31.8. The summed E-state index contributed by atoms with van der Waals surface area (Å²) in [6, 6.07) is 24.3. The predicted octanol–water partition coefficient (Wildman–Crippen LogP) is 7.67. The highest BCUT2D eigenvalue weighted by Crippen LogP contribution is 2.70. The molecule has 3 aromatic rings. The van der Waals surface area contributed by atoms with Gasteiger partial charge in [-0.25, -0.2) is 4.39 Å². The lowest BCUT2D eigenvalue weighted by molar-refractivity contribution is -0.219. The average molecular weight is 710 g/mol. The van der Waals surface area contributed by atoms with Crippen LogP contribution in [-0.4, -0.2) is 62.8 Å². The first kappa shape index (κ1) is 38.2. The molecule has 52 heavy (non-hydrogen) atoms. The quantitative estimate of drug-likeness (QED) is 0.243. The Kier molecular flexibility index (Phi) is 10.1. The summed E-state index contributed by atoms with van der Waals surface area (Å²) in [6.45, 7) is 13.2. The van der Waals surface area contributed by atoms with Crippen LogP contribution in [0.25, 0.3) is 10.8 Å². The summed E-state index contributed by atoms with van der Waals surface area (Å²) < 4.78 is 16.9. The second-order valence-electron chi connectivity index (χ2n) is 17.5. The first-order chi connectivity index (χ1) is 24.4. The van der Waals surface area contributed by atoms with Crippen LogP contribution in [-0.2, 0) is 28.1 Å². The van der Waals surface area contributed by atoms with E-state index in [1.165, 1.54) is 39.6 Å². The summed E-state index contributed by atoms with van der Waals surface area (Å²) in [6.07, 6.45) is 4.44. The Morgan fingerprint density at radius 3 is 2.33 bits per heavy atom. The van der Waals surface area contributed by atoms with Gasteiger partial charge in [0.05, 0.1) is 6.10 Å². The number of aliphatic hydroxyl groups is 3. The topological polar surface area (TPSA) is 98.1 Å². The van der Waals surface area contributed by atoms with Gasteiger partial charge in [-0.3, -0.25) is 14.5 Å². The molecule has 3 aromatic carbocycles. The predicted molar refractivity (Wildman–Crippen MR) is 204 cm³/mol. The van der Waals surface area contributed by atoms with Crippen molar-refractivity contribution >= 4 is 22.3 Å². The van der Waals surface area contributed by atoms with E-state index < -0.39 is 52.4 Å². The maximum atomic E-state index is 16.9. The molecule has 3 N–H and O–H groups in total. The lowest BCUT2D eigenvalue weighted by Gasteiger charge is -2.62. The maximum Gasteiger partial charge on any atom is 0.190 e. The third-order valence-corrected chi connectivity index (χ3v) is 13.4. The van der Waals surface area contributed by atoms with Crippen LogP contribution < -0.4 is 0 Å². The number of hydrogen-bond acceptors (Lipinski definition) is 6. The summed E-state index contributed by atoms with van der Waals surface area (Å²) in [7, 11) is 2.19. The van der Waals surface area contributed by atoms with Crippen LogP contribution in [0.2, 0.25) is 0 Å². The van der Waals surface area contributed by atoms with Crippen molar-refractivity contribution in [2.45, 2.75) is 103 Å². The third kappa shape index (κ3) is 6.12. The number of Topliss-reactive ketones (excluding diaryl/α,β-unsaturated/α-hetero) is 1. The molecule has 0 bridgehead atoms. The van der Waals surface area contributed by atoms with Crippen molar-refractivity contribution in [2.24, 2.45) is 28.6 Å². The van der Waals surface area contributed by atoms with Gasteiger partial charge in [-0.1, -0.05) is 113 Å². The molecule has 0 amide bonds. The Bertz CT molecular complexity index is 1890. The van der Waals surface area contributed by atoms with Crippen LogP contribution in [0.3, 0.4) is 0 Å². The third-order valence-electron chi connectivity index (χ3n) is 13.4. The monoisotopic (exact) mass is 709 g/mol. The van der Waals surface area contributed by atoms with E-state index in [1.807, 2.05) is 0 Å². The van der Waals surface area contributed by atoms with Crippen molar-refractivity contribution in [3.8, 4) is 0 Å². The zero-order chi connectivity index (χ0) is 37.9. The van der Waals surface area contributed by atoms with E-state index in [9.17, 15) is 24.9 Å². The van der Waals surface area contributed by atoms with Gasteiger partial charge in [-0.15, -0.1) is 0 Å². The molecule has 4 aliphatic rings. The van der Waals surface area contributed by atoms with Crippen LogP contribution in [0.5, 0.6) is 0 Å². The van der Waals surface area contributed by atoms with Crippen molar-refractivity contribution in [3.63, 3.8) is 0 Å². The van der Waals surface area contributed by atoms with Crippen LogP contribution in [0, 0.1) is 28.6 Å². The first-order valence-electron chi connectivity index (χ1n) is 18.8. The van der Waals surface area contributed by atoms with Crippen LogP contribution in [0.1, 0.15) is 83.9 Å². The number of carbonyl (C=O) groups excluding carboxylic acids is 2. The molecule has 3 saturated carbocycles. The van der Waals surface area contributed by atoms with Gasteiger partial charge in [0.25, 0.3) is 0 Å². The van der Waals surface area contributed by atoms with Crippen LogP contribution >= 0.6 is 0 Å². The number of aliphatic hydroxyl groups excluding tert-OH is 2. The fourth-order valence-electron chi connectivity index (χ4n) is 10.5. The van der Waals surface area contributed by atoms with Gasteiger partial charge in [-0.2, -0.15) is 0 Å². The van der Waals surface area contributed by atoms with Gasteiger partial charge in [0, 0.05) is 29.8 Å². The molecule has 4 aliphatic carbocycles. The molecule has 0 heterocycles. The largest absolute Gasteiger partial charge is 0.390 e. The Morgan fingerprint density at radius 1 is 0.981 bits per heavy atom. The van der Waals surface area contributed by atoms with Gasteiger partial charge in [0.1, 0.15) is 12.2 Å². The molecule has 0 aliphatic heterocycles. The highest BCUT2D eigenvalue weighted by atomic mass is 19.1. The molecule has 3 fully saturated rings. The summed E-state index contributed by atoms with van der Waals surface area (Å²) >= 11 is 0. The molecule has 278 valence electrons. The number of rotatable bonds is 6. The van der Waals surface area contributed by atoms with E-state index in [0.29, 0.717) is 24.8 Å². The number of allylic oxidation sites excluding steroid dienone is 4. The highest BCUT2D eigenvalue weighted by molar-refractivity contribution is 6.01. The Labute approximate surface area is 308 Å². The molecule has 7 heteroatoms. The molecular formula is C45H56FNO5. The molecule has 6 nitrogen and oxygen atoms in total.